The molecular formula is C48H72N4O8. The number of Topliss-reactive ketones (excluding diaryl/α,β-unsaturated/α-hetero) is 1. The monoisotopic (exact) mass is 833 g/mol. The van der Waals surface area contributed by atoms with Crippen LogP contribution in [-0.2, 0) is 23.9 Å². The number of esters is 1. The van der Waals surface area contributed by atoms with Gasteiger partial charge in [-0.3, -0.25) is 29.1 Å². The predicted molar refractivity (Wildman–Crippen MR) is 226 cm³/mol. The molecule has 12 nitrogen and oxygen atoms in total. The molecule has 6 aliphatic rings. The van der Waals surface area contributed by atoms with Gasteiger partial charge in [0.15, 0.2) is 5.78 Å². The Labute approximate surface area is 356 Å². The second-order valence-corrected chi connectivity index (χ2v) is 22.9. The third kappa shape index (κ3) is 6.44. The van der Waals surface area contributed by atoms with E-state index in [0.717, 1.165) is 61.8 Å². The van der Waals surface area contributed by atoms with Gasteiger partial charge >= 0.3 is 11.9 Å². The van der Waals surface area contributed by atoms with Crippen molar-refractivity contribution in [1.82, 2.24) is 20.8 Å². The van der Waals surface area contributed by atoms with E-state index < -0.39 is 52.1 Å². The molecule has 0 radical (unpaired) electrons. The SMILES string of the molecule is Cc1cc(C(=O)NC(C)(C)C(=O)NC[C@H](O)[C@@]23CC[C@]4(C)[C@H](CC[C@@H]5[C@@]6(C)CC[C@H](OC(=O)[C@H]7C[C@@H](C(=O)O)C7(C)C)C(C)(C)[C@@H]6CC[C@]54C)C2=C(C(C)C)C(=O)C3)n[nH]1. The third-order valence-corrected chi connectivity index (χ3v) is 18.6. The van der Waals surface area contributed by atoms with Crippen molar-refractivity contribution in [1.29, 1.82) is 0 Å². The molecule has 5 fully saturated rings. The summed E-state index contributed by atoms with van der Waals surface area (Å²) in [4.78, 5) is 66.1. The van der Waals surface area contributed by atoms with Crippen molar-refractivity contribution in [2.24, 2.45) is 68.0 Å². The van der Waals surface area contributed by atoms with Gasteiger partial charge in [-0.1, -0.05) is 67.9 Å². The van der Waals surface area contributed by atoms with E-state index in [9.17, 15) is 34.2 Å². The molecule has 0 unspecified atom stereocenters. The van der Waals surface area contributed by atoms with E-state index in [0.29, 0.717) is 24.7 Å². The highest BCUT2D eigenvalue weighted by Gasteiger charge is 2.71. The van der Waals surface area contributed by atoms with Crippen molar-refractivity contribution in [2.75, 3.05) is 6.54 Å². The van der Waals surface area contributed by atoms with Gasteiger partial charge in [-0.25, -0.2) is 0 Å². The Morgan fingerprint density at radius 1 is 0.917 bits per heavy atom. The van der Waals surface area contributed by atoms with E-state index in [1.165, 1.54) is 0 Å². The Bertz CT molecular complexity index is 2000. The van der Waals surface area contributed by atoms with Gasteiger partial charge in [0.05, 0.1) is 17.9 Å². The van der Waals surface area contributed by atoms with Crippen molar-refractivity contribution in [3.8, 4) is 0 Å². The van der Waals surface area contributed by atoms with Crippen molar-refractivity contribution in [3.63, 3.8) is 0 Å². The number of carboxylic acids is 1. The molecule has 11 atom stereocenters. The topological polar surface area (TPSA) is 188 Å². The number of fused-ring (bicyclic) bond motifs is 7. The number of H-pyrrole nitrogens is 1. The number of hydrogen-bond acceptors (Lipinski definition) is 8. The summed E-state index contributed by atoms with van der Waals surface area (Å²) >= 11 is 0. The maximum atomic E-state index is 14.2. The molecule has 2 amide bonds. The lowest BCUT2D eigenvalue weighted by Gasteiger charge is -2.72. The molecule has 0 bridgehead atoms. The average Bonchev–Trinajstić information content (AvgIpc) is 3.72. The summed E-state index contributed by atoms with van der Waals surface area (Å²) in [6.07, 6.45) is 6.53. The van der Waals surface area contributed by atoms with Crippen LogP contribution in [0, 0.1) is 74.9 Å². The minimum Gasteiger partial charge on any atom is -0.481 e. The number of nitrogens with zero attached hydrogens (tertiary/aromatic N) is 1. The quantitative estimate of drug-likeness (QED) is 0.150. The molecule has 0 saturated heterocycles. The van der Waals surface area contributed by atoms with Crippen molar-refractivity contribution >= 4 is 29.5 Å². The van der Waals surface area contributed by atoms with Crippen molar-refractivity contribution in [3.05, 3.63) is 28.6 Å². The van der Waals surface area contributed by atoms with Gasteiger partial charge in [0, 0.05) is 29.5 Å². The fourth-order valence-corrected chi connectivity index (χ4v) is 14.8. The van der Waals surface area contributed by atoms with E-state index >= 15 is 0 Å². The summed E-state index contributed by atoms with van der Waals surface area (Å²) < 4.78 is 6.41. The minimum absolute atomic E-state index is 0.00330. The van der Waals surface area contributed by atoms with E-state index in [2.05, 4.69) is 69.3 Å². The molecule has 7 rings (SSSR count). The molecule has 6 aliphatic carbocycles. The van der Waals surface area contributed by atoms with Gasteiger partial charge < -0.3 is 25.6 Å². The molecule has 0 aliphatic heterocycles. The second kappa shape index (κ2) is 14.5. The zero-order chi connectivity index (χ0) is 44.3. The lowest BCUT2D eigenvalue weighted by atomic mass is 9.33. The fourth-order valence-electron chi connectivity index (χ4n) is 14.8. The largest absolute Gasteiger partial charge is 0.481 e. The number of ether oxygens (including phenoxy) is 1. The summed E-state index contributed by atoms with van der Waals surface area (Å²) in [5.74, 6) is -1.99. The van der Waals surface area contributed by atoms with Crippen molar-refractivity contribution in [2.45, 2.75) is 165 Å². The number of rotatable bonds is 10. The van der Waals surface area contributed by atoms with E-state index in [-0.39, 0.29) is 70.0 Å². The number of carboxylic acid groups (broad SMARTS) is 1. The van der Waals surface area contributed by atoms with Gasteiger partial charge in [-0.05, 0) is 136 Å². The summed E-state index contributed by atoms with van der Waals surface area (Å²) in [7, 11) is 0. The van der Waals surface area contributed by atoms with Crippen LogP contribution < -0.4 is 10.6 Å². The molecule has 5 saturated carbocycles. The lowest BCUT2D eigenvalue weighted by Crippen LogP contribution is -2.66. The number of aryl methyl sites for hydroxylation is 1. The molecule has 0 spiro atoms. The first kappa shape index (κ1) is 44.5. The van der Waals surface area contributed by atoms with Crippen LogP contribution in [-0.4, -0.2) is 74.2 Å². The number of aliphatic hydroxyl groups is 1. The van der Waals surface area contributed by atoms with Crippen LogP contribution in [0.1, 0.15) is 157 Å². The number of aromatic amines is 1. The first-order valence-electron chi connectivity index (χ1n) is 22.7. The van der Waals surface area contributed by atoms with Crippen LogP contribution in [0.4, 0.5) is 0 Å². The number of aliphatic hydroxyl groups excluding tert-OH is 1. The number of amides is 2. The number of ketones is 1. The lowest BCUT2D eigenvalue weighted by molar-refractivity contribution is -0.238. The van der Waals surface area contributed by atoms with Crippen LogP contribution in [0.5, 0.6) is 0 Å². The summed E-state index contributed by atoms with van der Waals surface area (Å²) in [5, 5.41) is 34.4. The van der Waals surface area contributed by atoms with Crippen molar-refractivity contribution < 1.29 is 38.9 Å². The third-order valence-electron chi connectivity index (χ3n) is 18.6. The first-order chi connectivity index (χ1) is 27.7. The summed E-state index contributed by atoms with van der Waals surface area (Å²) in [6.45, 7) is 25.0. The average molecular weight is 833 g/mol. The molecule has 1 heterocycles. The number of hydrogen-bond donors (Lipinski definition) is 5. The van der Waals surface area contributed by atoms with E-state index in [1.54, 1.807) is 26.8 Å². The van der Waals surface area contributed by atoms with Gasteiger partial charge in [-0.15, -0.1) is 0 Å². The number of carbonyl (C=O) groups is 5. The Kier molecular flexibility index (Phi) is 10.8. The summed E-state index contributed by atoms with van der Waals surface area (Å²) in [5.41, 5.74) is -0.198. The standard InChI is InChI=1S/C48H72N4O8/c1-25(2)36-31(53)23-48(34(54)24-49-41(59)44(8,9)50-38(55)30-21-26(3)51-52-30)20-19-46(11)27(37(36)48)13-14-33-45(10)17-16-35(43(6,7)32(45)15-18-47(33,46)12)60-40(58)29-22-28(39(56)57)42(29,4)5/h21,25,27-29,32-35,54H,13-20,22-24H2,1-12H3,(H,49,59)(H,50,55)(H,51,52)(H,56,57)/t27-,28+,29-,32+,33-,34+,35+,45+,46-,47-,48+/m1/s1. The van der Waals surface area contributed by atoms with E-state index in [1.807, 2.05) is 13.8 Å². The first-order valence-corrected chi connectivity index (χ1v) is 22.7. The molecule has 5 N–H and O–H groups in total. The van der Waals surface area contributed by atoms with Gasteiger partial charge in [-0.2, -0.15) is 5.10 Å². The minimum atomic E-state index is -1.28. The van der Waals surface area contributed by atoms with Crippen LogP contribution in [0.15, 0.2) is 17.2 Å². The van der Waals surface area contributed by atoms with E-state index in [4.69, 9.17) is 4.74 Å². The highest BCUT2D eigenvalue weighted by atomic mass is 16.5. The maximum Gasteiger partial charge on any atom is 0.309 e. The molecule has 1 aromatic heterocycles. The number of nitrogens with one attached hydrogen (secondary N) is 3. The number of aromatic nitrogens is 2. The summed E-state index contributed by atoms with van der Waals surface area (Å²) in [6, 6.07) is 1.61. The van der Waals surface area contributed by atoms with Crippen LogP contribution in [0.25, 0.3) is 0 Å². The van der Waals surface area contributed by atoms with Gasteiger partial charge in [0.2, 0.25) is 5.91 Å². The zero-order valence-electron chi connectivity index (χ0n) is 38.3. The van der Waals surface area contributed by atoms with Crippen LogP contribution in [0.3, 0.4) is 0 Å². The van der Waals surface area contributed by atoms with Gasteiger partial charge in [0.25, 0.3) is 5.91 Å². The second-order valence-electron chi connectivity index (χ2n) is 22.9. The number of aliphatic carboxylic acids is 1. The normalized spacial score (nSPS) is 38.4. The molecule has 332 valence electrons. The zero-order valence-corrected chi connectivity index (χ0v) is 38.3. The highest BCUT2D eigenvalue weighted by molar-refractivity contribution is 6.01. The van der Waals surface area contributed by atoms with Crippen LogP contribution >= 0.6 is 0 Å². The smallest absolute Gasteiger partial charge is 0.309 e. The molecule has 1 aromatic rings. The molecule has 60 heavy (non-hydrogen) atoms. The maximum absolute atomic E-state index is 14.2. The Hall–Kier alpha value is -3.54. The predicted octanol–water partition coefficient (Wildman–Crippen LogP) is 7.34. The number of carbonyl (C=O) groups excluding carboxylic acids is 4. The molecule has 12 heteroatoms. The highest BCUT2D eigenvalue weighted by Crippen LogP contribution is 2.77. The molecular weight excluding hydrogens is 761 g/mol. The Balaban J connectivity index is 1.10. The molecule has 0 aromatic carbocycles. The Morgan fingerprint density at radius 2 is 1.60 bits per heavy atom. The van der Waals surface area contributed by atoms with Crippen LogP contribution in [0.2, 0.25) is 0 Å². The Morgan fingerprint density at radius 3 is 2.20 bits per heavy atom. The number of allylic oxidation sites excluding steroid dienone is 1. The van der Waals surface area contributed by atoms with Gasteiger partial charge in [0.1, 0.15) is 17.3 Å². The fraction of sp³-hybridized carbons (Fsp3) is 0.792.